The second kappa shape index (κ2) is 6.99. The summed E-state index contributed by atoms with van der Waals surface area (Å²) in [6.07, 6.45) is 2.56. The zero-order valence-electron chi connectivity index (χ0n) is 12.0. The summed E-state index contributed by atoms with van der Waals surface area (Å²) in [5, 5.41) is 2.87. The van der Waals surface area contributed by atoms with Crippen molar-refractivity contribution in [3.63, 3.8) is 0 Å². The van der Waals surface area contributed by atoms with Crippen LogP contribution in [-0.4, -0.2) is 29.6 Å². The van der Waals surface area contributed by atoms with E-state index < -0.39 is 0 Å². The molecule has 20 heavy (non-hydrogen) atoms. The second-order valence-electron chi connectivity index (χ2n) is 5.17. The smallest absolute Gasteiger partial charge is 0.237 e. The van der Waals surface area contributed by atoms with Crippen LogP contribution in [0.4, 0.5) is 11.4 Å². The van der Waals surface area contributed by atoms with Crippen molar-refractivity contribution in [3.05, 3.63) is 23.8 Å². The van der Waals surface area contributed by atoms with Crippen LogP contribution in [-0.2, 0) is 9.53 Å². The van der Waals surface area contributed by atoms with Crippen LogP contribution < -0.4 is 11.1 Å². The van der Waals surface area contributed by atoms with Crippen molar-refractivity contribution in [2.45, 2.75) is 38.0 Å². The van der Waals surface area contributed by atoms with Gasteiger partial charge in [0.25, 0.3) is 0 Å². The van der Waals surface area contributed by atoms with Crippen LogP contribution >= 0.6 is 11.8 Å². The Morgan fingerprint density at radius 1 is 1.60 bits per heavy atom. The number of anilines is 2. The molecule has 2 unspecified atom stereocenters. The third-order valence-electron chi connectivity index (χ3n) is 3.43. The third-order valence-corrected chi connectivity index (χ3v) is 4.71. The molecule has 0 aliphatic carbocycles. The van der Waals surface area contributed by atoms with E-state index in [0.29, 0.717) is 11.8 Å². The van der Waals surface area contributed by atoms with Gasteiger partial charge in [-0.1, -0.05) is 0 Å². The fourth-order valence-electron chi connectivity index (χ4n) is 2.16. The van der Waals surface area contributed by atoms with Crippen molar-refractivity contribution in [1.82, 2.24) is 0 Å². The standard InChI is InChI=1S/C15H22N2O2S/c1-10-8-12(16)5-6-14(10)17-15(18)11(2)20-9-13-4-3-7-19-13/h5-6,8,11,13H,3-4,7,9,16H2,1-2H3,(H,17,18). The van der Waals surface area contributed by atoms with E-state index in [1.807, 2.05) is 26.0 Å². The minimum atomic E-state index is -0.0869. The van der Waals surface area contributed by atoms with E-state index in [0.717, 1.165) is 36.5 Å². The fourth-order valence-corrected chi connectivity index (χ4v) is 3.14. The van der Waals surface area contributed by atoms with Gasteiger partial charge in [-0.25, -0.2) is 0 Å². The van der Waals surface area contributed by atoms with E-state index >= 15 is 0 Å². The average molecular weight is 294 g/mol. The summed E-state index contributed by atoms with van der Waals surface area (Å²) in [6.45, 7) is 4.73. The van der Waals surface area contributed by atoms with E-state index in [9.17, 15) is 4.79 Å². The zero-order valence-corrected chi connectivity index (χ0v) is 12.8. The molecule has 110 valence electrons. The van der Waals surface area contributed by atoms with Crippen molar-refractivity contribution in [3.8, 4) is 0 Å². The lowest BCUT2D eigenvalue weighted by atomic mass is 10.2. The number of amides is 1. The highest BCUT2D eigenvalue weighted by Gasteiger charge is 2.20. The Morgan fingerprint density at radius 2 is 2.40 bits per heavy atom. The molecule has 0 radical (unpaired) electrons. The van der Waals surface area contributed by atoms with E-state index in [2.05, 4.69) is 5.32 Å². The summed E-state index contributed by atoms with van der Waals surface area (Å²) >= 11 is 1.65. The van der Waals surface area contributed by atoms with Crippen molar-refractivity contribution < 1.29 is 9.53 Å². The minimum Gasteiger partial charge on any atom is -0.399 e. The molecule has 0 aromatic heterocycles. The van der Waals surface area contributed by atoms with E-state index in [1.54, 1.807) is 17.8 Å². The van der Waals surface area contributed by atoms with Crippen LogP contribution in [0.2, 0.25) is 0 Å². The highest BCUT2D eigenvalue weighted by Crippen LogP contribution is 2.22. The molecule has 1 saturated heterocycles. The number of nitrogens with two attached hydrogens (primary N) is 1. The molecular formula is C15H22N2O2S. The zero-order chi connectivity index (χ0) is 14.5. The molecule has 1 fully saturated rings. The third kappa shape index (κ3) is 4.15. The van der Waals surface area contributed by atoms with Crippen molar-refractivity contribution in [1.29, 1.82) is 0 Å². The summed E-state index contributed by atoms with van der Waals surface area (Å²) in [7, 11) is 0. The molecule has 0 saturated carbocycles. The topological polar surface area (TPSA) is 64.3 Å². The molecule has 1 aromatic carbocycles. The molecule has 1 aromatic rings. The van der Waals surface area contributed by atoms with Gasteiger partial charge in [-0.05, 0) is 50.5 Å². The highest BCUT2D eigenvalue weighted by atomic mass is 32.2. The number of thioether (sulfide) groups is 1. The van der Waals surface area contributed by atoms with E-state index in [4.69, 9.17) is 10.5 Å². The minimum absolute atomic E-state index is 0.0286. The Morgan fingerprint density at radius 3 is 3.05 bits per heavy atom. The number of hydrogen-bond acceptors (Lipinski definition) is 4. The molecule has 2 atom stereocenters. The maximum absolute atomic E-state index is 12.2. The lowest BCUT2D eigenvalue weighted by Crippen LogP contribution is -2.24. The first-order chi connectivity index (χ1) is 9.56. The number of rotatable bonds is 5. The van der Waals surface area contributed by atoms with Gasteiger partial charge in [0.2, 0.25) is 5.91 Å². The van der Waals surface area contributed by atoms with Gasteiger partial charge in [0.15, 0.2) is 0 Å². The molecule has 2 rings (SSSR count). The van der Waals surface area contributed by atoms with Crippen LogP contribution in [0, 0.1) is 6.92 Å². The Bertz CT molecular complexity index is 473. The number of carbonyl (C=O) groups is 1. The number of aryl methyl sites for hydroxylation is 1. The van der Waals surface area contributed by atoms with Crippen molar-refractivity contribution >= 4 is 29.0 Å². The molecule has 1 amide bonds. The second-order valence-corrected chi connectivity index (χ2v) is 6.55. The Hall–Kier alpha value is -1.20. The summed E-state index contributed by atoms with van der Waals surface area (Å²) in [4.78, 5) is 12.2. The molecule has 3 N–H and O–H groups in total. The lowest BCUT2D eigenvalue weighted by Gasteiger charge is -2.15. The molecule has 0 bridgehead atoms. The van der Waals surface area contributed by atoms with Crippen LogP contribution in [0.3, 0.4) is 0 Å². The number of benzene rings is 1. The maximum Gasteiger partial charge on any atom is 0.237 e. The lowest BCUT2D eigenvalue weighted by molar-refractivity contribution is -0.115. The normalized spacial score (nSPS) is 19.8. The first-order valence-electron chi connectivity index (χ1n) is 6.96. The van der Waals surface area contributed by atoms with Crippen LogP contribution in [0.5, 0.6) is 0 Å². The van der Waals surface area contributed by atoms with E-state index in [-0.39, 0.29) is 11.2 Å². The number of nitrogens with one attached hydrogen (secondary N) is 1. The monoisotopic (exact) mass is 294 g/mol. The Balaban J connectivity index is 1.83. The van der Waals surface area contributed by atoms with Gasteiger partial charge in [-0.3, -0.25) is 4.79 Å². The quantitative estimate of drug-likeness (QED) is 0.820. The summed E-state index contributed by atoms with van der Waals surface area (Å²) in [6, 6.07) is 5.51. The first kappa shape index (κ1) is 15.2. The SMILES string of the molecule is Cc1cc(N)ccc1NC(=O)C(C)SCC1CCCO1. The van der Waals surface area contributed by atoms with E-state index in [1.165, 1.54) is 0 Å². The van der Waals surface area contributed by atoms with Gasteiger partial charge in [-0.15, -0.1) is 11.8 Å². The van der Waals surface area contributed by atoms with Crippen LogP contribution in [0.1, 0.15) is 25.3 Å². The number of carbonyl (C=O) groups excluding carboxylic acids is 1. The van der Waals surface area contributed by atoms with Crippen molar-refractivity contribution in [2.75, 3.05) is 23.4 Å². The van der Waals surface area contributed by atoms with Gasteiger partial charge in [0.05, 0.1) is 11.4 Å². The predicted molar refractivity (Wildman–Crippen MR) is 85.1 cm³/mol. The Labute approximate surface area is 124 Å². The maximum atomic E-state index is 12.2. The van der Waals surface area contributed by atoms with Gasteiger partial charge in [-0.2, -0.15) is 0 Å². The van der Waals surface area contributed by atoms with Gasteiger partial charge < -0.3 is 15.8 Å². The summed E-state index contributed by atoms with van der Waals surface area (Å²) in [5.74, 6) is 0.913. The molecule has 0 spiro atoms. The molecular weight excluding hydrogens is 272 g/mol. The number of ether oxygens (including phenoxy) is 1. The summed E-state index contributed by atoms with van der Waals surface area (Å²) in [5.41, 5.74) is 8.22. The van der Waals surface area contributed by atoms with Crippen LogP contribution in [0.15, 0.2) is 18.2 Å². The number of nitrogen functional groups attached to an aromatic ring is 1. The largest absolute Gasteiger partial charge is 0.399 e. The molecule has 4 nitrogen and oxygen atoms in total. The number of hydrogen-bond donors (Lipinski definition) is 2. The van der Waals surface area contributed by atoms with Crippen LogP contribution in [0.25, 0.3) is 0 Å². The summed E-state index contributed by atoms with van der Waals surface area (Å²) < 4.78 is 5.57. The fraction of sp³-hybridized carbons (Fsp3) is 0.533. The first-order valence-corrected chi connectivity index (χ1v) is 8.01. The Kier molecular flexibility index (Phi) is 5.31. The average Bonchev–Trinajstić information content (AvgIpc) is 2.92. The van der Waals surface area contributed by atoms with Crippen molar-refractivity contribution in [2.24, 2.45) is 0 Å². The molecule has 5 heteroatoms. The molecule has 1 heterocycles. The molecule has 1 aliphatic heterocycles. The molecule has 1 aliphatic rings. The van der Waals surface area contributed by atoms with Gasteiger partial charge in [0, 0.05) is 23.7 Å². The predicted octanol–water partition coefficient (Wildman–Crippen LogP) is 2.82. The van der Waals surface area contributed by atoms with Gasteiger partial charge in [0.1, 0.15) is 0 Å². The highest BCUT2D eigenvalue weighted by molar-refractivity contribution is 8.00. The van der Waals surface area contributed by atoms with Gasteiger partial charge >= 0.3 is 0 Å².